The number of ether oxygens (including phenoxy) is 3. The molecule has 9 nitrogen and oxygen atoms in total. The molecule has 0 spiro atoms. The first-order valence-corrected chi connectivity index (χ1v) is 7.07. The molecule has 0 aliphatic carbocycles. The molecule has 0 aromatic heterocycles. The second kappa shape index (κ2) is 8.59. The second-order valence-corrected chi connectivity index (χ2v) is 4.55. The van der Waals surface area contributed by atoms with Gasteiger partial charge in [0.25, 0.3) is 5.60 Å². The Labute approximate surface area is 133 Å². The third-order valence-corrected chi connectivity index (χ3v) is 3.00. The summed E-state index contributed by atoms with van der Waals surface area (Å²) in [5.74, 6) is -5.46. The number of Topliss-reactive ketones (excluding diaryl/α,β-unsaturated/α-hetero) is 1. The van der Waals surface area contributed by atoms with Crippen LogP contribution in [0.4, 0.5) is 0 Å². The van der Waals surface area contributed by atoms with E-state index in [9.17, 15) is 29.4 Å². The molecule has 0 aliphatic rings. The Morgan fingerprint density at radius 2 is 1.26 bits per heavy atom. The first-order chi connectivity index (χ1) is 10.6. The van der Waals surface area contributed by atoms with Crippen molar-refractivity contribution in [3.63, 3.8) is 0 Å². The van der Waals surface area contributed by atoms with E-state index >= 15 is 0 Å². The van der Waals surface area contributed by atoms with Crippen molar-refractivity contribution in [1.82, 2.24) is 0 Å². The minimum Gasteiger partial charge on any atom is -0.466 e. The maximum Gasteiger partial charge on any atom is 0.349 e. The Hall–Kier alpha value is -2.00. The topological polar surface area (TPSA) is 136 Å². The fourth-order valence-corrected chi connectivity index (χ4v) is 1.86. The molecule has 23 heavy (non-hydrogen) atoms. The smallest absolute Gasteiger partial charge is 0.349 e. The highest BCUT2D eigenvalue weighted by Gasteiger charge is 2.66. The van der Waals surface area contributed by atoms with Crippen LogP contribution in [0.5, 0.6) is 0 Å². The molecule has 9 heteroatoms. The molecule has 0 radical (unpaired) electrons. The molecule has 0 amide bonds. The van der Waals surface area contributed by atoms with Gasteiger partial charge >= 0.3 is 17.9 Å². The summed E-state index contributed by atoms with van der Waals surface area (Å²) >= 11 is 0. The van der Waals surface area contributed by atoms with Gasteiger partial charge in [0, 0.05) is 0 Å². The molecule has 0 rings (SSSR count). The number of esters is 3. The van der Waals surface area contributed by atoms with Gasteiger partial charge in [-0.15, -0.1) is 0 Å². The summed E-state index contributed by atoms with van der Waals surface area (Å²) in [4.78, 5) is 47.5. The van der Waals surface area contributed by atoms with Gasteiger partial charge in [-0.25, -0.2) is 9.59 Å². The summed E-state index contributed by atoms with van der Waals surface area (Å²) in [7, 11) is 0. The van der Waals surface area contributed by atoms with Crippen LogP contribution in [0.2, 0.25) is 0 Å². The summed E-state index contributed by atoms with van der Waals surface area (Å²) in [6.45, 7) is 4.52. The van der Waals surface area contributed by atoms with Crippen molar-refractivity contribution in [2.24, 2.45) is 0 Å². The van der Waals surface area contributed by atoms with Crippen LogP contribution in [0.25, 0.3) is 0 Å². The Morgan fingerprint density at radius 1 is 0.826 bits per heavy atom. The fourth-order valence-electron chi connectivity index (χ4n) is 1.86. The number of hydrogen-bond donors (Lipinski definition) is 2. The van der Waals surface area contributed by atoms with Gasteiger partial charge in [0.05, 0.1) is 26.2 Å². The zero-order valence-corrected chi connectivity index (χ0v) is 13.6. The van der Waals surface area contributed by atoms with Crippen molar-refractivity contribution >= 4 is 23.7 Å². The summed E-state index contributed by atoms with van der Waals surface area (Å²) in [6.07, 6.45) is -1.16. The number of hydrogen-bond acceptors (Lipinski definition) is 9. The Bertz CT molecular complexity index is 473. The lowest BCUT2D eigenvalue weighted by atomic mass is 9.77. The Kier molecular flexibility index (Phi) is 7.84. The highest BCUT2D eigenvalue weighted by molar-refractivity contribution is 6.12. The van der Waals surface area contributed by atoms with Crippen molar-refractivity contribution in [2.45, 2.75) is 45.3 Å². The largest absolute Gasteiger partial charge is 0.466 e. The minimum atomic E-state index is -3.30. The monoisotopic (exact) mass is 334 g/mol. The van der Waals surface area contributed by atoms with Crippen molar-refractivity contribution in [3.05, 3.63) is 0 Å². The maximum atomic E-state index is 12.1. The molecule has 2 N–H and O–H groups in total. The van der Waals surface area contributed by atoms with Crippen molar-refractivity contribution in [3.8, 4) is 0 Å². The molecular weight excluding hydrogens is 312 g/mol. The molecule has 0 aromatic carbocycles. The van der Waals surface area contributed by atoms with E-state index < -0.39 is 41.3 Å². The number of carbonyl (C=O) groups excluding carboxylic acids is 4. The fraction of sp³-hybridized carbons (Fsp3) is 0.714. The van der Waals surface area contributed by atoms with Crippen LogP contribution < -0.4 is 0 Å². The normalized spacial score (nSPS) is 15.7. The molecule has 132 valence electrons. The molecule has 0 heterocycles. The van der Waals surface area contributed by atoms with Gasteiger partial charge in [0.1, 0.15) is 0 Å². The van der Waals surface area contributed by atoms with Gasteiger partial charge in [-0.3, -0.25) is 9.59 Å². The predicted octanol–water partition coefficient (Wildman–Crippen LogP) is -0.883. The standard InChI is InChI=1S/C14H22O9/c1-5-21-10(16)8-13(19,11(17)22-6-2)14(20,9(4)15)12(18)23-7-3/h19-20H,5-8H2,1-4H3. The first kappa shape index (κ1) is 21.0. The zero-order chi connectivity index (χ0) is 18.3. The quantitative estimate of drug-likeness (QED) is 0.313. The third-order valence-electron chi connectivity index (χ3n) is 3.00. The Balaban J connectivity index is 6.03. The van der Waals surface area contributed by atoms with Gasteiger partial charge in [0.15, 0.2) is 5.78 Å². The van der Waals surface area contributed by atoms with Gasteiger partial charge in [-0.1, -0.05) is 0 Å². The van der Waals surface area contributed by atoms with Crippen LogP contribution >= 0.6 is 0 Å². The molecule has 0 aliphatic heterocycles. The lowest BCUT2D eigenvalue weighted by molar-refractivity contribution is -0.215. The molecule has 0 aromatic rings. The molecule has 0 fully saturated rings. The van der Waals surface area contributed by atoms with E-state index in [0.29, 0.717) is 0 Å². The summed E-state index contributed by atoms with van der Waals surface area (Å²) < 4.78 is 13.7. The average molecular weight is 334 g/mol. The van der Waals surface area contributed by atoms with E-state index in [-0.39, 0.29) is 19.8 Å². The van der Waals surface area contributed by atoms with E-state index in [1.165, 1.54) is 20.8 Å². The molecule has 2 atom stereocenters. The van der Waals surface area contributed by atoms with Gasteiger partial charge in [0.2, 0.25) is 5.60 Å². The van der Waals surface area contributed by atoms with Crippen LogP contribution in [0.1, 0.15) is 34.1 Å². The van der Waals surface area contributed by atoms with Crippen molar-refractivity contribution < 1.29 is 43.6 Å². The van der Waals surface area contributed by atoms with E-state index in [4.69, 9.17) is 0 Å². The van der Waals surface area contributed by atoms with Gasteiger partial charge in [-0.05, 0) is 27.7 Å². The van der Waals surface area contributed by atoms with Crippen LogP contribution in [0.3, 0.4) is 0 Å². The molecule has 0 bridgehead atoms. The van der Waals surface area contributed by atoms with E-state index in [0.717, 1.165) is 6.92 Å². The Morgan fingerprint density at radius 3 is 1.65 bits per heavy atom. The van der Waals surface area contributed by atoms with E-state index in [1.54, 1.807) is 0 Å². The van der Waals surface area contributed by atoms with E-state index in [2.05, 4.69) is 14.2 Å². The molecular formula is C14H22O9. The molecule has 0 saturated heterocycles. The number of rotatable bonds is 9. The van der Waals surface area contributed by atoms with Crippen molar-refractivity contribution in [2.75, 3.05) is 19.8 Å². The summed E-state index contributed by atoms with van der Waals surface area (Å²) in [6, 6.07) is 0. The average Bonchev–Trinajstić information content (AvgIpc) is 2.46. The highest BCUT2D eigenvalue weighted by atomic mass is 16.6. The number of aliphatic hydroxyl groups is 2. The van der Waals surface area contributed by atoms with Gasteiger partial charge < -0.3 is 24.4 Å². The number of carbonyl (C=O) groups is 4. The maximum absolute atomic E-state index is 12.1. The predicted molar refractivity (Wildman–Crippen MR) is 75.1 cm³/mol. The lowest BCUT2D eigenvalue weighted by Crippen LogP contribution is -2.69. The third kappa shape index (κ3) is 4.26. The summed E-state index contributed by atoms with van der Waals surface area (Å²) in [5, 5.41) is 21.0. The van der Waals surface area contributed by atoms with Crippen molar-refractivity contribution in [1.29, 1.82) is 0 Å². The molecule has 0 saturated carbocycles. The SMILES string of the molecule is CCOC(=O)CC(O)(C(=O)OCC)C(O)(C(C)=O)C(=O)OCC. The summed E-state index contributed by atoms with van der Waals surface area (Å²) in [5.41, 5.74) is -6.48. The molecule has 2 unspecified atom stereocenters. The minimum absolute atomic E-state index is 0.0738. The van der Waals surface area contributed by atoms with E-state index in [1.807, 2.05) is 0 Å². The van der Waals surface area contributed by atoms with Crippen LogP contribution in [0.15, 0.2) is 0 Å². The second-order valence-electron chi connectivity index (χ2n) is 4.55. The zero-order valence-electron chi connectivity index (χ0n) is 13.6. The first-order valence-electron chi connectivity index (χ1n) is 7.07. The lowest BCUT2D eigenvalue weighted by Gasteiger charge is -2.36. The van der Waals surface area contributed by atoms with Crippen LogP contribution in [-0.2, 0) is 33.4 Å². The van der Waals surface area contributed by atoms with Gasteiger partial charge in [-0.2, -0.15) is 0 Å². The van der Waals surface area contributed by atoms with Crippen LogP contribution in [-0.4, -0.2) is 64.9 Å². The highest BCUT2D eigenvalue weighted by Crippen LogP contribution is 2.31. The van der Waals surface area contributed by atoms with Crippen LogP contribution in [0, 0.1) is 0 Å². The number of ketones is 1.